The van der Waals surface area contributed by atoms with E-state index < -0.39 is 5.41 Å². The fourth-order valence-electron chi connectivity index (χ4n) is 4.66. The van der Waals surface area contributed by atoms with Gasteiger partial charge in [-0.05, 0) is 80.7 Å². The van der Waals surface area contributed by atoms with Crippen molar-refractivity contribution in [2.24, 2.45) is 0 Å². The molecule has 2 aromatic rings. The van der Waals surface area contributed by atoms with Crippen molar-refractivity contribution >= 4 is 34.8 Å². The second kappa shape index (κ2) is 9.59. The second-order valence-electron chi connectivity index (χ2n) is 8.29. The van der Waals surface area contributed by atoms with E-state index in [1.54, 1.807) is 6.07 Å². The quantitative estimate of drug-likeness (QED) is 0.573. The van der Waals surface area contributed by atoms with Gasteiger partial charge in [-0.2, -0.15) is 0 Å². The Hall–Kier alpha value is -1.75. The maximum Gasteiger partial charge on any atom is 0.235 e. The van der Waals surface area contributed by atoms with Gasteiger partial charge < -0.3 is 10.1 Å². The zero-order chi connectivity index (χ0) is 21.0. The number of anilines is 1. The van der Waals surface area contributed by atoms with Crippen LogP contribution in [0.3, 0.4) is 0 Å². The van der Waals surface area contributed by atoms with E-state index in [-0.39, 0.29) is 5.91 Å². The van der Waals surface area contributed by atoms with Crippen LogP contribution in [-0.2, 0) is 10.2 Å². The maximum atomic E-state index is 13.3. The topological polar surface area (TPSA) is 41.6 Å². The highest BCUT2D eigenvalue weighted by Crippen LogP contribution is 2.45. The molecule has 2 fully saturated rings. The van der Waals surface area contributed by atoms with Gasteiger partial charge in [0.05, 0.1) is 5.41 Å². The van der Waals surface area contributed by atoms with Gasteiger partial charge in [-0.3, -0.25) is 9.69 Å². The third-order valence-electron chi connectivity index (χ3n) is 6.33. The summed E-state index contributed by atoms with van der Waals surface area (Å²) in [6.45, 7) is 3.99. The largest absolute Gasteiger partial charge is 0.492 e. The Kier molecular flexibility index (Phi) is 6.87. The summed E-state index contributed by atoms with van der Waals surface area (Å²) in [5.41, 5.74) is 1.03. The second-order valence-corrected chi connectivity index (χ2v) is 9.13. The lowest BCUT2D eigenvalue weighted by Gasteiger charge is -2.29. The van der Waals surface area contributed by atoms with Gasteiger partial charge in [0.1, 0.15) is 12.4 Å². The summed E-state index contributed by atoms with van der Waals surface area (Å²) in [5, 5.41) is 4.24. The van der Waals surface area contributed by atoms with Crippen molar-refractivity contribution in [3.05, 3.63) is 58.1 Å². The first kappa shape index (κ1) is 21.5. The molecule has 30 heavy (non-hydrogen) atoms. The van der Waals surface area contributed by atoms with Gasteiger partial charge in [-0.1, -0.05) is 42.1 Å². The minimum Gasteiger partial charge on any atom is -0.492 e. The Labute approximate surface area is 188 Å². The zero-order valence-corrected chi connectivity index (χ0v) is 18.6. The normalized spacial score (nSPS) is 18.5. The van der Waals surface area contributed by atoms with Gasteiger partial charge in [-0.25, -0.2) is 0 Å². The Balaban J connectivity index is 1.40. The number of amides is 1. The smallest absolute Gasteiger partial charge is 0.235 e. The summed E-state index contributed by atoms with van der Waals surface area (Å²) in [5.74, 6) is 0.815. The van der Waals surface area contributed by atoms with E-state index in [0.717, 1.165) is 49.2 Å². The first-order valence-electron chi connectivity index (χ1n) is 10.8. The molecule has 0 bridgehead atoms. The highest BCUT2D eigenvalue weighted by molar-refractivity contribution is 6.35. The Morgan fingerprint density at radius 3 is 2.37 bits per heavy atom. The molecule has 0 atom stereocenters. The third-order valence-corrected chi connectivity index (χ3v) is 6.87. The van der Waals surface area contributed by atoms with Gasteiger partial charge in [-0.15, -0.1) is 0 Å². The minimum absolute atomic E-state index is 0.00748. The molecule has 2 aliphatic rings. The average Bonchev–Trinajstić information content (AvgIpc) is 3.42. The van der Waals surface area contributed by atoms with E-state index in [4.69, 9.17) is 27.9 Å². The lowest BCUT2D eigenvalue weighted by molar-refractivity contribution is -0.121. The molecule has 2 aromatic carbocycles. The van der Waals surface area contributed by atoms with Crippen LogP contribution in [0.25, 0.3) is 0 Å². The van der Waals surface area contributed by atoms with Crippen LogP contribution in [0.2, 0.25) is 10.0 Å². The maximum absolute atomic E-state index is 13.3. The molecule has 0 unspecified atom stereocenters. The SMILES string of the molecule is O=C(Nc1ccc(OCCN2CCCC2)cc1)C1(c2ccc(Cl)cc2Cl)CCCC1. The number of halogens is 2. The fraction of sp³-hybridized carbons (Fsp3) is 0.458. The molecule has 0 aromatic heterocycles. The molecule has 4 rings (SSSR count). The minimum atomic E-state index is -0.605. The van der Waals surface area contributed by atoms with Crippen LogP contribution in [-0.4, -0.2) is 37.0 Å². The summed E-state index contributed by atoms with van der Waals surface area (Å²) in [6.07, 6.45) is 6.18. The number of hydrogen-bond donors (Lipinski definition) is 1. The molecule has 1 heterocycles. The Bertz CT molecular complexity index is 873. The van der Waals surface area contributed by atoms with Crippen LogP contribution in [0.5, 0.6) is 5.75 Å². The van der Waals surface area contributed by atoms with Crippen LogP contribution < -0.4 is 10.1 Å². The molecule has 1 amide bonds. The molecule has 160 valence electrons. The van der Waals surface area contributed by atoms with E-state index >= 15 is 0 Å². The van der Waals surface area contributed by atoms with Crippen molar-refractivity contribution in [3.8, 4) is 5.75 Å². The number of nitrogens with one attached hydrogen (secondary N) is 1. The van der Waals surface area contributed by atoms with Crippen molar-refractivity contribution in [3.63, 3.8) is 0 Å². The van der Waals surface area contributed by atoms with Gasteiger partial charge in [0.25, 0.3) is 0 Å². The predicted molar refractivity (Wildman–Crippen MR) is 123 cm³/mol. The number of carbonyl (C=O) groups excluding carboxylic acids is 1. The lowest BCUT2D eigenvalue weighted by Crippen LogP contribution is -2.38. The molecule has 1 saturated carbocycles. The number of benzene rings is 2. The predicted octanol–water partition coefficient (Wildman–Crippen LogP) is 5.92. The first-order valence-corrected chi connectivity index (χ1v) is 11.5. The summed E-state index contributed by atoms with van der Waals surface area (Å²) >= 11 is 12.5. The highest BCUT2D eigenvalue weighted by Gasteiger charge is 2.44. The molecule has 1 aliphatic carbocycles. The Morgan fingerprint density at radius 1 is 1.00 bits per heavy atom. The van der Waals surface area contributed by atoms with Crippen molar-refractivity contribution in [2.75, 3.05) is 31.6 Å². The summed E-state index contributed by atoms with van der Waals surface area (Å²) in [4.78, 5) is 15.8. The van der Waals surface area contributed by atoms with Crippen LogP contribution in [0.4, 0.5) is 5.69 Å². The number of nitrogens with zero attached hydrogens (tertiary/aromatic N) is 1. The van der Waals surface area contributed by atoms with E-state index in [1.165, 1.54) is 25.9 Å². The highest BCUT2D eigenvalue weighted by atomic mass is 35.5. The van der Waals surface area contributed by atoms with Crippen molar-refractivity contribution in [1.29, 1.82) is 0 Å². The van der Waals surface area contributed by atoms with E-state index in [1.807, 2.05) is 36.4 Å². The number of carbonyl (C=O) groups is 1. The summed E-state index contributed by atoms with van der Waals surface area (Å²) in [7, 11) is 0. The van der Waals surface area contributed by atoms with E-state index in [2.05, 4.69) is 10.2 Å². The fourth-order valence-corrected chi connectivity index (χ4v) is 5.25. The molecular formula is C24H28Cl2N2O2. The van der Waals surface area contributed by atoms with E-state index in [9.17, 15) is 4.79 Å². The molecule has 6 heteroatoms. The van der Waals surface area contributed by atoms with Crippen LogP contribution in [0.1, 0.15) is 44.1 Å². The van der Waals surface area contributed by atoms with Crippen molar-refractivity contribution < 1.29 is 9.53 Å². The molecule has 4 nitrogen and oxygen atoms in total. The van der Waals surface area contributed by atoms with Crippen LogP contribution in [0.15, 0.2) is 42.5 Å². The monoisotopic (exact) mass is 446 g/mol. The molecule has 1 N–H and O–H groups in total. The first-order chi connectivity index (χ1) is 14.6. The van der Waals surface area contributed by atoms with Crippen LogP contribution in [0, 0.1) is 0 Å². The van der Waals surface area contributed by atoms with Gasteiger partial charge in [0, 0.05) is 22.3 Å². The molecule has 1 aliphatic heterocycles. The number of hydrogen-bond acceptors (Lipinski definition) is 3. The van der Waals surface area contributed by atoms with Gasteiger partial charge >= 0.3 is 0 Å². The molecule has 1 saturated heterocycles. The lowest BCUT2D eigenvalue weighted by atomic mass is 9.78. The van der Waals surface area contributed by atoms with Gasteiger partial charge in [0.15, 0.2) is 0 Å². The van der Waals surface area contributed by atoms with Crippen molar-refractivity contribution in [2.45, 2.75) is 43.9 Å². The summed E-state index contributed by atoms with van der Waals surface area (Å²) < 4.78 is 5.86. The summed E-state index contributed by atoms with van der Waals surface area (Å²) in [6, 6.07) is 13.0. The van der Waals surface area contributed by atoms with E-state index in [0.29, 0.717) is 16.7 Å². The third kappa shape index (κ3) is 4.77. The average molecular weight is 447 g/mol. The van der Waals surface area contributed by atoms with Crippen molar-refractivity contribution in [1.82, 2.24) is 4.90 Å². The molecule has 0 radical (unpaired) electrons. The van der Waals surface area contributed by atoms with Gasteiger partial charge in [0.2, 0.25) is 5.91 Å². The zero-order valence-electron chi connectivity index (χ0n) is 17.1. The molecular weight excluding hydrogens is 419 g/mol. The standard InChI is InChI=1S/C24H28Cl2N2O2/c25-18-5-10-21(22(26)17-18)24(11-1-2-12-24)23(29)27-19-6-8-20(9-7-19)30-16-15-28-13-3-4-14-28/h5-10,17H,1-4,11-16H2,(H,27,29). The number of rotatable bonds is 7. The van der Waals surface area contributed by atoms with Crippen LogP contribution >= 0.6 is 23.2 Å². The number of ether oxygens (including phenoxy) is 1. The number of likely N-dealkylation sites (tertiary alicyclic amines) is 1. The Morgan fingerprint density at radius 2 is 1.70 bits per heavy atom. The molecule has 0 spiro atoms.